The predicted octanol–water partition coefficient (Wildman–Crippen LogP) is 1.18. The van der Waals surface area contributed by atoms with Crippen molar-refractivity contribution < 1.29 is 19.1 Å². The first-order valence-electron chi connectivity index (χ1n) is 6.21. The third-order valence-electron chi connectivity index (χ3n) is 2.17. The highest BCUT2D eigenvalue weighted by molar-refractivity contribution is 5.90. The topological polar surface area (TPSA) is 91.3 Å². The minimum atomic E-state index is -0.705. The maximum atomic E-state index is 11.8. The minimum absolute atomic E-state index is 0.0294. The standard InChI is InChI=1S/C12H17N3O4/c1-4-7-8-9(11(16)18-5-2)13-10(15-14-8)12(17)19-6-3/h4-7H2,1-3H3. The summed E-state index contributed by atoms with van der Waals surface area (Å²) in [5.74, 6) is -1.54. The van der Waals surface area contributed by atoms with Crippen LogP contribution in [0.2, 0.25) is 0 Å². The molecule has 7 nitrogen and oxygen atoms in total. The van der Waals surface area contributed by atoms with Gasteiger partial charge in [-0.2, -0.15) is 5.10 Å². The predicted molar refractivity (Wildman–Crippen MR) is 65.7 cm³/mol. The van der Waals surface area contributed by atoms with Crippen molar-refractivity contribution in [2.24, 2.45) is 0 Å². The number of rotatable bonds is 6. The van der Waals surface area contributed by atoms with E-state index in [4.69, 9.17) is 9.47 Å². The second-order valence-electron chi connectivity index (χ2n) is 3.62. The van der Waals surface area contributed by atoms with Crippen molar-refractivity contribution in [3.8, 4) is 0 Å². The van der Waals surface area contributed by atoms with Crippen molar-refractivity contribution in [1.82, 2.24) is 15.2 Å². The number of ether oxygens (including phenoxy) is 2. The molecular formula is C12H17N3O4. The van der Waals surface area contributed by atoms with E-state index in [9.17, 15) is 9.59 Å². The molecule has 0 unspecified atom stereocenters. The van der Waals surface area contributed by atoms with E-state index in [1.807, 2.05) is 6.92 Å². The SMILES string of the molecule is CCCc1nnc(C(=O)OCC)nc1C(=O)OCC. The Hall–Kier alpha value is -2.05. The zero-order valence-electron chi connectivity index (χ0n) is 11.3. The number of aryl methyl sites for hydroxylation is 1. The maximum absolute atomic E-state index is 11.8. The Morgan fingerprint density at radius 3 is 2.21 bits per heavy atom. The number of esters is 2. The molecule has 0 atom stereocenters. The fourth-order valence-electron chi connectivity index (χ4n) is 1.40. The normalized spacial score (nSPS) is 10.1. The molecule has 0 aliphatic carbocycles. The molecule has 104 valence electrons. The van der Waals surface area contributed by atoms with Gasteiger partial charge in [-0.05, 0) is 20.3 Å². The van der Waals surface area contributed by atoms with E-state index in [-0.39, 0.29) is 24.7 Å². The van der Waals surface area contributed by atoms with Crippen molar-refractivity contribution in [1.29, 1.82) is 0 Å². The molecule has 0 saturated heterocycles. The van der Waals surface area contributed by atoms with Gasteiger partial charge in [-0.3, -0.25) is 0 Å². The lowest BCUT2D eigenvalue weighted by Gasteiger charge is -2.07. The highest BCUT2D eigenvalue weighted by Crippen LogP contribution is 2.08. The lowest BCUT2D eigenvalue weighted by atomic mass is 10.2. The Morgan fingerprint density at radius 1 is 1.00 bits per heavy atom. The summed E-state index contributed by atoms with van der Waals surface area (Å²) in [4.78, 5) is 27.2. The summed E-state index contributed by atoms with van der Waals surface area (Å²) >= 11 is 0. The first-order valence-corrected chi connectivity index (χ1v) is 6.21. The van der Waals surface area contributed by atoms with Crippen LogP contribution < -0.4 is 0 Å². The van der Waals surface area contributed by atoms with Gasteiger partial charge in [0.1, 0.15) is 0 Å². The first-order chi connectivity index (χ1) is 9.13. The molecule has 0 radical (unpaired) electrons. The van der Waals surface area contributed by atoms with Crippen molar-refractivity contribution in [3.05, 3.63) is 17.2 Å². The molecule has 19 heavy (non-hydrogen) atoms. The Morgan fingerprint density at radius 2 is 1.63 bits per heavy atom. The van der Waals surface area contributed by atoms with Gasteiger partial charge in [0.2, 0.25) is 0 Å². The lowest BCUT2D eigenvalue weighted by Crippen LogP contribution is -2.19. The van der Waals surface area contributed by atoms with Gasteiger partial charge < -0.3 is 9.47 Å². The number of nitrogens with zero attached hydrogens (tertiary/aromatic N) is 3. The van der Waals surface area contributed by atoms with Crippen LogP contribution in [0.1, 0.15) is 54.0 Å². The van der Waals surface area contributed by atoms with Crippen molar-refractivity contribution in [3.63, 3.8) is 0 Å². The minimum Gasteiger partial charge on any atom is -0.461 e. The average molecular weight is 267 g/mol. The van der Waals surface area contributed by atoms with E-state index in [0.717, 1.165) is 6.42 Å². The lowest BCUT2D eigenvalue weighted by molar-refractivity contribution is 0.0502. The van der Waals surface area contributed by atoms with Crippen LogP contribution in [0.5, 0.6) is 0 Å². The largest absolute Gasteiger partial charge is 0.461 e. The second-order valence-corrected chi connectivity index (χ2v) is 3.62. The van der Waals surface area contributed by atoms with Crippen LogP contribution in [0.25, 0.3) is 0 Å². The Kier molecular flexibility index (Phi) is 5.84. The number of carbonyl (C=O) groups excluding carboxylic acids is 2. The van der Waals surface area contributed by atoms with E-state index in [0.29, 0.717) is 12.1 Å². The molecule has 0 aromatic carbocycles. The number of aromatic nitrogens is 3. The van der Waals surface area contributed by atoms with E-state index < -0.39 is 11.9 Å². The smallest absolute Gasteiger partial charge is 0.378 e. The fraction of sp³-hybridized carbons (Fsp3) is 0.583. The summed E-state index contributed by atoms with van der Waals surface area (Å²) in [6, 6.07) is 0. The van der Waals surface area contributed by atoms with Gasteiger partial charge in [-0.1, -0.05) is 13.3 Å². The molecule has 0 fully saturated rings. The van der Waals surface area contributed by atoms with E-state index >= 15 is 0 Å². The van der Waals surface area contributed by atoms with Crippen molar-refractivity contribution >= 4 is 11.9 Å². The summed E-state index contributed by atoms with van der Waals surface area (Å²) in [6.07, 6.45) is 1.32. The molecule has 0 N–H and O–H groups in total. The van der Waals surface area contributed by atoms with Gasteiger partial charge in [-0.15, -0.1) is 5.10 Å². The quantitative estimate of drug-likeness (QED) is 0.714. The summed E-state index contributed by atoms with van der Waals surface area (Å²) in [5.41, 5.74) is 0.454. The maximum Gasteiger partial charge on any atom is 0.378 e. The molecule has 1 aromatic heterocycles. The summed E-state index contributed by atoms with van der Waals surface area (Å²) < 4.78 is 9.65. The van der Waals surface area contributed by atoms with Crippen LogP contribution in [0.3, 0.4) is 0 Å². The zero-order valence-corrected chi connectivity index (χ0v) is 11.3. The number of hydrogen-bond donors (Lipinski definition) is 0. The summed E-state index contributed by atoms with van der Waals surface area (Å²) in [6.45, 7) is 5.73. The Balaban J connectivity index is 3.10. The van der Waals surface area contributed by atoms with Crippen molar-refractivity contribution in [2.45, 2.75) is 33.6 Å². The summed E-state index contributed by atoms with van der Waals surface area (Å²) in [5, 5.41) is 7.54. The Bertz CT molecular complexity index is 462. The molecule has 0 aliphatic heterocycles. The van der Waals surface area contributed by atoms with E-state index in [1.54, 1.807) is 13.8 Å². The third-order valence-corrected chi connectivity index (χ3v) is 2.17. The number of carbonyl (C=O) groups is 2. The van der Waals surface area contributed by atoms with Gasteiger partial charge in [0.25, 0.3) is 5.82 Å². The van der Waals surface area contributed by atoms with Gasteiger partial charge in [0.05, 0.1) is 18.9 Å². The highest BCUT2D eigenvalue weighted by atomic mass is 16.5. The van der Waals surface area contributed by atoms with Crippen molar-refractivity contribution in [2.75, 3.05) is 13.2 Å². The monoisotopic (exact) mass is 267 g/mol. The van der Waals surface area contributed by atoms with Crippen LogP contribution >= 0.6 is 0 Å². The molecule has 0 amide bonds. The number of hydrogen-bond acceptors (Lipinski definition) is 7. The van der Waals surface area contributed by atoms with Crippen LogP contribution in [0, 0.1) is 0 Å². The highest BCUT2D eigenvalue weighted by Gasteiger charge is 2.21. The molecule has 1 aromatic rings. The van der Waals surface area contributed by atoms with Crippen LogP contribution in [0.15, 0.2) is 0 Å². The van der Waals surface area contributed by atoms with Crippen LogP contribution in [0.4, 0.5) is 0 Å². The Labute approximate surface area is 111 Å². The van der Waals surface area contributed by atoms with Gasteiger partial charge in [0.15, 0.2) is 5.69 Å². The van der Waals surface area contributed by atoms with Gasteiger partial charge in [-0.25, -0.2) is 14.6 Å². The molecule has 0 aliphatic rings. The summed E-state index contributed by atoms with van der Waals surface area (Å²) in [7, 11) is 0. The van der Waals surface area contributed by atoms with Gasteiger partial charge >= 0.3 is 11.9 Å². The zero-order chi connectivity index (χ0) is 14.3. The van der Waals surface area contributed by atoms with Gasteiger partial charge in [0, 0.05) is 0 Å². The van der Waals surface area contributed by atoms with E-state index in [2.05, 4.69) is 15.2 Å². The molecule has 1 rings (SSSR count). The van der Waals surface area contributed by atoms with Crippen LogP contribution in [-0.2, 0) is 15.9 Å². The molecule has 0 bridgehead atoms. The molecule has 7 heteroatoms. The molecule has 0 saturated carbocycles. The third kappa shape index (κ3) is 3.97. The molecule has 1 heterocycles. The second kappa shape index (κ2) is 7.40. The van der Waals surface area contributed by atoms with Crippen LogP contribution in [-0.4, -0.2) is 40.3 Å². The molecule has 0 spiro atoms. The fourth-order valence-corrected chi connectivity index (χ4v) is 1.40. The van der Waals surface area contributed by atoms with E-state index in [1.165, 1.54) is 0 Å². The first kappa shape index (κ1) is 15.0. The average Bonchev–Trinajstić information content (AvgIpc) is 2.40. The molecular weight excluding hydrogens is 250 g/mol.